The van der Waals surface area contributed by atoms with Gasteiger partial charge in [-0.1, -0.05) is 12.1 Å². The van der Waals surface area contributed by atoms with Gasteiger partial charge < -0.3 is 9.72 Å². The van der Waals surface area contributed by atoms with Crippen molar-refractivity contribution < 1.29 is 17.9 Å². The van der Waals surface area contributed by atoms with Crippen LogP contribution in [0.15, 0.2) is 40.5 Å². The second kappa shape index (κ2) is 7.23. The number of fused-ring (bicyclic) bond motifs is 2. The third kappa shape index (κ3) is 3.71. The van der Waals surface area contributed by atoms with Crippen LogP contribution in [0.5, 0.6) is 5.75 Å². The van der Waals surface area contributed by atoms with Crippen LogP contribution in [0.4, 0.5) is 13.2 Å². The van der Waals surface area contributed by atoms with E-state index in [4.69, 9.17) is 0 Å². The molecule has 0 aliphatic carbocycles. The van der Waals surface area contributed by atoms with E-state index in [2.05, 4.69) is 19.8 Å². The number of benzene rings is 1. The Labute approximate surface area is 178 Å². The number of H-pyrrole nitrogens is 1. The number of pyridine rings is 1. The van der Waals surface area contributed by atoms with Gasteiger partial charge in [-0.3, -0.25) is 4.79 Å². The van der Waals surface area contributed by atoms with Gasteiger partial charge in [0.05, 0.1) is 15.9 Å². The summed E-state index contributed by atoms with van der Waals surface area (Å²) in [5.74, 6) is 1.17. The first kappa shape index (κ1) is 19.8. The van der Waals surface area contributed by atoms with Crippen molar-refractivity contribution in [3.8, 4) is 17.3 Å². The van der Waals surface area contributed by atoms with Crippen molar-refractivity contribution in [3.63, 3.8) is 0 Å². The fourth-order valence-electron chi connectivity index (χ4n) is 3.95. The van der Waals surface area contributed by atoms with E-state index in [1.807, 2.05) is 16.1 Å². The number of hydrogen-bond acceptors (Lipinski definition) is 5. The molecule has 4 aromatic rings. The van der Waals surface area contributed by atoms with E-state index in [9.17, 15) is 18.0 Å². The van der Waals surface area contributed by atoms with E-state index in [0.29, 0.717) is 34.7 Å². The number of thiophene rings is 1. The molecular weight excluding hydrogens is 429 g/mol. The number of aromatic amines is 1. The molecule has 0 spiro atoms. The van der Waals surface area contributed by atoms with Crippen molar-refractivity contribution in [1.82, 2.24) is 19.7 Å². The molecule has 0 bridgehead atoms. The van der Waals surface area contributed by atoms with Gasteiger partial charge in [0.15, 0.2) is 5.82 Å². The second-order valence-electron chi connectivity index (χ2n) is 7.50. The molecule has 160 valence electrons. The van der Waals surface area contributed by atoms with Crippen molar-refractivity contribution in [2.24, 2.45) is 0 Å². The first-order valence-electron chi connectivity index (χ1n) is 9.68. The van der Waals surface area contributed by atoms with Crippen molar-refractivity contribution in [2.75, 3.05) is 0 Å². The third-order valence-corrected chi connectivity index (χ3v) is 6.43. The van der Waals surface area contributed by atoms with Crippen LogP contribution in [0.1, 0.15) is 29.3 Å². The Bertz CT molecular complexity index is 1320. The lowest BCUT2D eigenvalue weighted by molar-refractivity contribution is -0.274. The maximum absolute atomic E-state index is 12.6. The van der Waals surface area contributed by atoms with Gasteiger partial charge in [0, 0.05) is 24.4 Å². The summed E-state index contributed by atoms with van der Waals surface area (Å²) in [5, 5.41) is 6.49. The molecule has 0 amide bonds. The van der Waals surface area contributed by atoms with Gasteiger partial charge in [-0.15, -0.1) is 29.6 Å². The fraction of sp³-hybridized carbons (Fsp3) is 0.286. The quantitative estimate of drug-likeness (QED) is 0.491. The molecule has 0 radical (unpaired) electrons. The van der Waals surface area contributed by atoms with Crippen LogP contribution < -0.4 is 10.2 Å². The predicted octanol–water partition coefficient (Wildman–Crippen LogP) is 4.79. The molecule has 0 saturated heterocycles. The number of hydrogen-bond donors (Lipinski definition) is 1. The highest BCUT2D eigenvalue weighted by molar-refractivity contribution is 7.17. The molecule has 31 heavy (non-hydrogen) atoms. The van der Waals surface area contributed by atoms with Crippen LogP contribution in [0, 0.1) is 6.92 Å². The third-order valence-electron chi connectivity index (χ3n) is 5.51. The first-order chi connectivity index (χ1) is 14.8. The Morgan fingerprint density at radius 2 is 2.00 bits per heavy atom. The molecule has 6 nitrogen and oxygen atoms in total. The summed E-state index contributed by atoms with van der Waals surface area (Å²) >= 11 is 1.40. The summed E-state index contributed by atoms with van der Waals surface area (Å²) in [6.45, 7) is 2.33. The monoisotopic (exact) mass is 446 g/mol. The van der Waals surface area contributed by atoms with Gasteiger partial charge in [-0.2, -0.15) is 0 Å². The number of rotatable bonds is 3. The van der Waals surface area contributed by atoms with Crippen molar-refractivity contribution in [3.05, 3.63) is 62.9 Å². The topological polar surface area (TPSA) is 72.8 Å². The number of halogens is 3. The summed E-state index contributed by atoms with van der Waals surface area (Å²) in [7, 11) is 0. The largest absolute Gasteiger partial charge is 0.573 e. The van der Waals surface area contributed by atoms with E-state index < -0.39 is 6.36 Å². The van der Waals surface area contributed by atoms with Crippen LogP contribution in [0.2, 0.25) is 0 Å². The van der Waals surface area contributed by atoms with Crippen molar-refractivity contribution in [2.45, 2.75) is 38.6 Å². The zero-order valence-electron chi connectivity index (χ0n) is 16.4. The van der Waals surface area contributed by atoms with Crippen LogP contribution in [0.3, 0.4) is 0 Å². The molecule has 4 heterocycles. The minimum atomic E-state index is -4.70. The van der Waals surface area contributed by atoms with Gasteiger partial charge in [0.25, 0.3) is 0 Å². The van der Waals surface area contributed by atoms with Crippen molar-refractivity contribution in [1.29, 1.82) is 0 Å². The molecule has 10 heteroatoms. The Hall–Kier alpha value is -3.14. The van der Waals surface area contributed by atoms with Gasteiger partial charge in [-0.05, 0) is 42.5 Å². The smallest absolute Gasteiger partial charge is 0.406 e. The molecule has 5 rings (SSSR count). The highest BCUT2D eigenvalue weighted by Gasteiger charge is 2.31. The van der Waals surface area contributed by atoms with Crippen LogP contribution >= 0.6 is 11.3 Å². The minimum absolute atomic E-state index is 0.0226. The van der Waals surface area contributed by atoms with E-state index >= 15 is 0 Å². The molecule has 0 fully saturated rings. The lowest BCUT2D eigenvalue weighted by Gasteiger charge is -2.23. The molecule has 0 unspecified atom stereocenters. The number of nitrogens with zero attached hydrogens (tertiary/aromatic N) is 3. The van der Waals surface area contributed by atoms with E-state index in [1.54, 1.807) is 19.1 Å². The number of nitrogens with one attached hydrogen (secondary N) is 1. The summed E-state index contributed by atoms with van der Waals surface area (Å²) in [4.78, 5) is 20.5. The zero-order chi connectivity index (χ0) is 21.8. The maximum Gasteiger partial charge on any atom is 0.573 e. The summed E-state index contributed by atoms with van der Waals surface area (Å²) in [6.07, 6.45) is -3.22. The zero-order valence-corrected chi connectivity index (χ0v) is 17.2. The lowest BCUT2D eigenvalue weighted by atomic mass is 9.92. The molecule has 0 saturated carbocycles. The first-order valence-corrected chi connectivity index (χ1v) is 10.6. The Morgan fingerprint density at radius 1 is 1.23 bits per heavy atom. The van der Waals surface area contributed by atoms with Gasteiger partial charge in [0.2, 0.25) is 5.43 Å². The molecule has 1 N–H and O–H groups in total. The fourth-order valence-corrected chi connectivity index (χ4v) is 4.79. The van der Waals surface area contributed by atoms with E-state index in [1.165, 1.54) is 23.5 Å². The van der Waals surface area contributed by atoms with Gasteiger partial charge in [-0.25, -0.2) is 9.67 Å². The van der Waals surface area contributed by atoms with Gasteiger partial charge in [0.1, 0.15) is 11.6 Å². The van der Waals surface area contributed by atoms with E-state index in [-0.39, 0.29) is 17.1 Å². The molecule has 1 aliphatic rings. The molecule has 1 aromatic carbocycles. The average Bonchev–Trinajstić information content (AvgIpc) is 3.36. The number of aromatic nitrogens is 4. The summed E-state index contributed by atoms with van der Waals surface area (Å²) in [5.41, 5.74) is 2.85. The molecule has 3 aromatic heterocycles. The maximum atomic E-state index is 12.6. The lowest BCUT2D eigenvalue weighted by Crippen LogP contribution is -2.20. The van der Waals surface area contributed by atoms with E-state index in [0.717, 1.165) is 23.3 Å². The molecule has 1 aliphatic heterocycles. The average molecular weight is 446 g/mol. The molecule has 1 atom stereocenters. The van der Waals surface area contributed by atoms with Gasteiger partial charge >= 0.3 is 6.36 Å². The SMILES string of the molecule is Cc1c(-c2nc3n(n2)C[C@@H](c2ccc(OC(F)(F)F)cc2)CC3)[nH]c2ccsc2c1=O. The summed E-state index contributed by atoms with van der Waals surface area (Å²) in [6, 6.07) is 7.83. The normalized spacial score (nSPS) is 16.5. The Morgan fingerprint density at radius 3 is 2.74 bits per heavy atom. The number of ether oxygens (including phenoxy) is 1. The summed E-state index contributed by atoms with van der Waals surface area (Å²) < 4.78 is 43.5. The Kier molecular flexibility index (Phi) is 4.62. The predicted molar refractivity (Wildman–Crippen MR) is 110 cm³/mol. The number of aryl methyl sites for hydroxylation is 1. The minimum Gasteiger partial charge on any atom is -0.406 e. The van der Waals surface area contributed by atoms with Crippen LogP contribution in [0.25, 0.3) is 21.7 Å². The second-order valence-corrected chi connectivity index (χ2v) is 8.42. The standard InChI is InChI=1S/C21H17F3N4O2S/c1-11-17(25-15-8-9-31-19(15)18(11)29)20-26-16-7-4-13(10-28(16)27-20)12-2-5-14(6-3-12)30-21(22,23)24/h2-3,5-6,8-9,13H,4,7,10H2,1H3,(H,25,29)/t13-/m0/s1. The highest BCUT2D eigenvalue weighted by Crippen LogP contribution is 2.32. The number of alkyl halides is 3. The molecular formula is C21H17F3N4O2S. The van der Waals surface area contributed by atoms with Crippen LogP contribution in [-0.4, -0.2) is 26.1 Å². The Balaban J connectivity index is 1.41. The van der Waals surface area contributed by atoms with Crippen molar-refractivity contribution >= 4 is 21.6 Å². The van der Waals surface area contributed by atoms with Crippen LogP contribution in [-0.2, 0) is 13.0 Å². The highest BCUT2D eigenvalue weighted by atomic mass is 32.1.